The predicted octanol–water partition coefficient (Wildman–Crippen LogP) is 2.61. The molecule has 0 aliphatic carbocycles. The summed E-state index contributed by atoms with van der Waals surface area (Å²) in [4.78, 5) is 33.4. The topological polar surface area (TPSA) is 86.5 Å². The van der Waals surface area contributed by atoms with Gasteiger partial charge in [0.2, 0.25) is 0 Å². The van der Waals surface area contributed by atoms with Gasteiger partial charge in [0.15, 0.2) is 5.78 Å². The van der Waals surface area contributed by atoms with Crippen LogP contribution in [0.2, 0.25) is 0 Å². The number of nitro groups is 1. The number of rotatable bonds is 7. The molecule has 0 aliphatic heterocycles. The molecule has 6 heteroatoms. The number of carbonyl (C=O) groups is 2. The summed E-state index contributed by atoms with van der Waals surface area (Å²) in [6, 6.07) is 8.66. The van der Waals surface area contributed by atoms with E-state index in [4.69, 9.17) is 4.74 Å². The summed E-state index contributed by atoms with van der Waals surface area (Å²) in [7, 11) is 0. The highest BCUT2D eigenvalue weighted by Gasteiger charge is 2.20. The quantitative estimate of drug-likeness (QED) is 0.333. The normalized spacial score (nSPS) is 11.3. The molecule has 0 bridgehead atoms. The summed E-state index contributed by atoms with van der Waals surface area (Å²) in [5.74, 6) is -1.21. The Bertz CT molecular complexity index is 548. The number of Topliss-reactive ketones (excluding diaryl/α,β-unsaturated/α-hetero) is 1. The Kier molecular flexibility index (Phi) is 6.26. The van der Waals surface area contributed by atoms with Gasteiger partial charge >= 0.3 is 5.97 Å². The molecule has 0 radical (unpaired) electrons. The van der Waals surface area contributed by atoms with Gasteiger partial charge in [0.05, 0.1) is 17.4 Å². The first-order chi connectivity index (χ1) is 9.88. The number of benzene rings is 1. The summed E-state index contributed by atoms with van der Waals surface area (Å²) in [5, 5.41) is 11.0. The monoisotopic (exact) mass is 291 g/mol. The number of hydrogen-bond acceptors (Lipinski definition) is 5. The molecule has 0 amide bonds. The Labute approximate surface area is 122 Å². The van der Waals surface area contributed by atoms with Crippen LogP contribution in [0.5, 0.6) is 0 Å². The summed E-state index contributed by atoms with van der Waals surface area (Å²) in [6.07, 6.45) is 0.138. The van der Waals surface area contributed by atoms with Crippen molar-refractivity contribution < 1.29 is 19.2 Å². The number of carbonyl (C=O) groups excluding carboxylic acids is 2. The van der Waals surface area contributed by atoms with Crippen molar-refractivity contribution in [3.8, 4) is 0 Å². The fourth-order valence-electron chi connectivity index (χ4n) is 1.64. The van der Waals surface area contributed by atoms with Gasteiger partial charge in [-0.05, 0) is 19.4 Å². The van der Waals surface area contributed by atoms with E-state index in [0.717, 1.165) is 0 Å². The van der Waals surface area contributed by atoms with Crippen LogP contribution >= 0.6 is 0 Å². The van der Waals surface area contributed by atoms with Crippen LogP contribution in [0.1, 0.15) is 32.3 Å². The molecule has 0 aromatic heterocycles. The fourth-order valence-corrected chi connectivity index (χ4v) is 1.64. The minimum atomic E-state index is -0.669. The maximum absolute atomic E-state index is 11.7. The van der Waals surface area contributed by atoms with Gasteiger partial charge in [-0.1, -0.05) is 30.3 Å². The molecule has 112 valence electrons. The number of esters is 1. The molecule has 0 fully saturated rings. The summed E-state index contributed by atoms with van der Waals surface area (Å²) in [6.45, 7) is 3.33. The van der Waals surface area contributed by atoms with Gasteiger partial charge in [-0.2, -0.15) is 0 Å². The van der Waals surface area contributed by atoms with E-state index in [0.29, 0.717) is 5.56 Å². The lowest BCUT2D eigenvalue weighted by Gasteiger charge is -2.06. The Morgan fingerprint density at radius 3 is 2.38 bits per heavy atom. The van der Waals surface area contributed by atoms with Crippen molar-refractivity contribution in [3.05, 3.63) is 51.7 Å². The molecular weight excluding hydrogens is 274 g/mol. The molecular formula is C15H17NO5. The molecule has 0 aliphatic rings. The maximum Gasteiger partial charge on any atom is 0.313 e. The average Bonchev–Trinajstić information content (AvgIpc) is 2.37. The summed E-state index contributed by atoms with van der Waals surface area (Å²) >= 11 is 0. The second-order valence-corrected chi connectivity index (χ2v) is 4.73. The number of ether oxygens (including phenoxy) is 1. The minimum absolute atomic E-state index is 0.247. The molecule has 1 aromatic carbocycles. The van der Waals surface area contributed by atoms with E-state index in [-0.39, 0.29) is 11.8 Å². The second-order valence-electron chi connectivity index (χ2n) is 4.73. The number of nitrogens with zero attached hydrogens (tertiary/aromatic N) is 1. The summed E-state index contributed by atoms with van der Waals surface area (Å²) in [5.41, 5.74) is 0.380. The largest absolute Gasteiger partial charge is 0.463 e. The molecule has 0 saturated heterocycles. The smallest absolute Gasteiger partial charge is 0.313 e. The van der Waals surface area contributed by atoms with Crippen molar-refractivity contribution in [1.82, 2.24) is 0 Å². The lowest BCUT2D eigenvalue weighted by molar-refractivity contribution is -0.424. The molecule has 0 atom stereocenters. The first kappa shape index (κ1) is 16.6. The Hall–Kier alpha value is -2.50. The van der Waals surface area contributed by atoms with Crippen LogP contribution in [0.25, 0.3) is 6.08 Å². The first-order valence-electron chi connectivity index (χ1n) is 6.49. The van der Waals surface area contributed by atoms with Crippen LogP contribution in [0, 0.1) is 10.1 Å². The highest BCUT2D eigenvalue weighted by atomic mass is 16.6. The SMILES string of the molecule is CC(C)OC(=O)CC(=O)CC(=Cc1ccccc1)[N+](=O)[O-]. The Morgan fingerprint density at radius 2 is 1.86 bits per heavy atom. The number of allylic oxidation sites excluding steroid dienone is 1. The van der Waals surface area contributed by atoms with E-state index in [1.54, 1.807) is 44.2 Å². The maximum atomic E-state index is 11.7. The fraction of sp³-hybridized carbons (Fsp3) is 0.333. The van der Waals surface area contributed by atoms with Gasteiger partial charge in [-0.3, -0.25) is 19.7 Å². The number of ketones is 1. The number of hydrogen-bond donors (Lipinski definition) is 0. The Morgan fingerprint density at radius 1 is 1.24 bits per heavy atom. The highest BCUT2D eigenvalue weighted by molar-refractivity contribution is 5.96. The molecule has 6 nitrogen and oxygen atoms in total. The van der Waals surface area contributed by atoms with Crippen molar-refractivity contribution in [3.63, 3.8) is 0 Å². The van der Waals surface area contributed by atoms with Gasteiger partial charge in [0.1, 0.15) is 6.42 Å². The van der Waals surface area contributed by atoms with Crippen molar-refractivity contribution in [2.45, 2.75) is 32.8 Å². The van der Waals surface area contributed by atoms with E-state index in [9.17, 15) is 19.7 Å². The zero-order valence-electron chi connectivity index (χ0n) is 11.9. The third kappa shape index (κ3) is 6.47. The molecule has 0 heterocycles. The van der Waals surface area contributed by atoms with E-state index in [1.165, 1.54) is 6.08 Å². The molecule has 21 heavy (non-hydrogen) atoms. The van der Waals surface area contributed by atoms with Gasteiger partial charge < -0.3 is 4.74 Å². The lowest BCUT2D eigenvalue weighted by atomic mass is 10.1. The van der Waals surface area contributed by atoms with Gasteiger partial charge in [0, 0.05) is 6.08 Å². The van der Waals surface area contributed by atoms with Gasteiger partial charge in [-0.15, -0.1) is 0 Å². The van der Waals surface area contributed by atoms with Crippen LogP contribution < -0.4 is 0 Å². The zero-order valence-corrected chi connectivity index (χ0v) is 11.9. The zero-order chi connectivity index (χ0) is 15.8. The molecule has 0 spiro atoms. The average molecular weight is 291 g/mol. The van der Waals surface area contributed by atoms with Crippen molar-refractivity contribution >= 4 is 17.8 Å². The molecule has 1 rings (SSSR count). The Balaban J connectivity index is 2.71. The van der Waals surface area contributed by atoms with Crippen molar-refractivity contribution in [2.75, 3.05) is 0 Å². The van der Waals surface area contributed by atoms with Crippen molar-refractivity contribution in [1.29, 1.82) is 0 Å². The van der Waals surface area contributed by atoms with Crippen molar-refractivity contribution in [2.24, 2.45) is 0 Å². The van der Waals surface area contributed by atoms with E-state index in [2.05, 4.69) is 0 Å². The lowest BCUT2D eigenvalue weighted by Crippen LogP contribution is -2.16. The van der Waals surface area contributed by atoms with Crippen LogP contribution in [0.15, 0.2) is 36.0 Å². The van der Waals surface area contributed by atoms with E-state index >= 15 is 0 Å². The first-order valence-corrected chi connectivity index (χ1v) is 6.49. The van der Waals surface area contributed by atoms with Crippen LogP contribution in [-0.4, -0.2) is 22.8 Å². The third-order valence-corrected chi connectivity index (χ3v) is 2.45. The standard InChI is InChI=1S/C15H17NO5/c1-11(2)21-15(18)10-14(17)9-13(16(19)20)8-12-6-4-3-5-7-12/h3-8,11H,9-10H2,1-2H3. The molecule has 0 saturated carbocycles. The van der Waals surface area contributed by atoms with Crippen LogP contribution in [0.4, 0.5) is 0 Å². The minimum Gasteiger partial charge on any atom is -0.463 e. The third-order valence-electron chi connectivity index (χ3n) is 2.45. The second kappa shape index (κ2) is 7.94. The molecule has 0 unspecified atom stereocenters. The molecule has 1 aromatic rings. The highest BCUT2D eigenvalue weighted by Crippen LogP contribution is 2.12. The van der Waals surface area contributed by atoms with E-state index < -0.39 is 29.5 Å². The van der Waals surface area contributed by atoms with Crippen LogP contribution in [-0.2, 0) is 14.3 Å². The van der Waals surface area contributed by atoms with Gasteiger partial charge in [-0.25, -0.2) is 0 Å². The molecule has 0 N–H and O–H groups in total. The van der Waals surface area contributed by atoms with E-state index in [1.807, 2.05) is 0 Å². The van der Waals surface area contributed by atoms with Gasteiger partial charge in [0.25, 0.3) is 5.70 Å². The summed E-state index contributed by atoms with van der Waals surface area (Å²) < 4.78 is 4.83. The van der Waals surface area contributed by atoms with Crippen LogP contribution in [0.3, 0.4) is 0 Å². The predicted molar refractivity (Wildman–Crippen MR) is 76.9 cm³/mol.